The number of rotatable bonds is 1. The predicted octanol–water partition coefficient (Wildman–Crippen LogP) is 1.27. The zero-order valence-electron chi connectivity index (χ0n) is 7.51. The van der Waals surface area contributed by atoms with Crippen LogP contribution in [0.5, 0.6) is 0 Å². The number of nitrogens with two attached hydrogens (primary N) is 1. The van der Waals surface area contributed by atoms with Gasteiger partial charge >= 0.3 is 0 Å². The summed E-state index contributed by atoms with van der Waals surface area (Å²) < 4.78 is 0. The summed E-state index contributed by atoms with van der Waals surface area (Å²) in [5.41, 5.74) is 5.28. The summed E-state index contributed by atoms with van der Waals surface area (Å²) in [6.45, 7) is 3.77. The molecule has 3 N–H and O–H groups in total. The molecule has 0 saturated heterocycles. The monoisotopic (exact) mass is 157 g/mol. The molecule has 1 aliphatic carbocycles. The van der Waals surface area contributed by atoms with Crippen LogP contribution >= 0.6 is 0 Å². The lowest BCUT2D eigenvalue weighted by Crippen LogP contribution is -2.39. The standard InChI is InChI=1S/C9H19NO/c1-9(2,11)7-4-3-5-8(10)6-7/h7-8,11H,3-6,10H2,1-2H3/t7?,8-/m0/s1. The third-order valence-electron chi connectivity index (χ3n) is 2.71. The maximum Gasteiger partial charge on any atom is 0.0620 e. The van der Waals surface area contributed by atoms with Crippen molar-refractivity contribution in [2.75, 3.05) is 0 Å². The van der Waals surface area contributed by atoms with E-state index in [1.165, 1.54) is 6.42 Å². The van der Waals surface area contributed by atoms with Crippen molar-refractivity contribution in [2.45, 2.75) is 51.2 Å². The Hall–Kier alpha value is -0.0800. The Morgan fingerprint density at radius 3 is 2.36 bits per heavy atom. The molecule has 0 aromatic carbocycles. The van der Waals surface area contributed by atoms with Crippen LogP contribution in [0.1, 0.15) is 39.5 Å². The number of aliphatic hydroxyl groups is 1. The molecule has 0 amide bonds. The lowest BCUT2D eigenvalue weighted by atomic mass is 9.77. The minimum Gasteiger partial charge on any atom is -0.390 e. The maximum absolute atomic E-state index is 9.70. The molecule has 0 radical (unpaired) electrons. The Kier molecular flexibility index (Phi) is 2.55. The molecular weight excluding hydrogens is 138 g/mol. The quantitative estimate of drug-likeness (QED) is 0.602. The molecule has 2 heteroatoms. The molecule has 1 unspecified atom stereocenters. The largest absolute Gasteiger partial charge is 0.390 e. The van der Waals surface area contributed by atoms with E-state index in [4.69, 9.17) is 5.73 Å². The van der Waals surface area contributed by atoms with Gasteiger partial charge in [-0.2, -0.15) is 0 Å². The summed E-state index contributed by atoms with van der Waals surface area (Å²) in [6.07, 6.45) is 4.43. The first-order valence-corrected chi connectivity index (χ1v) is 4.48. The van der Waals surface area contributed by atoms with E-state index in [1.54, 1.807) is 0 Å². The van der Waals surface area contributed by atoms with Crippen molar-refractivity contribution >= 4 is 0 Å². The van der Waals surface area contributed by atoms with Crippen molar-refractivity contribution in [3.8, 4) is 0 Å². The Bertz CT molecular complexity index is 128. The van der Waals surface area contributed by atoms with Crippen molar-refractivity contribution < 1.29 is 5.11 Å². The van der Waals surface area contributed by atoms with Crippen LogP contribution in [0.15, 0.2) is 0 Å². The van der Waals surface area contributed by atoms with Crippen LogP contribution in [-0.4, -0.2) is 16.7 Å². The summed E-state index contributed by atoms with van der Waals surface area (Å²) >= 11 is 0. The van der Waals surface area contributed by atoms with Gasteiger partial charge in [0.05, 0.1) is 5.60 Å². The summed E-state index contributed by atoms with van der Waals surface area (Å²) in [6, 6.07) is 0.320. The van der Waals surface area contributed by atoms with Gasteiger partial charge < -0.3 is 10.8 Å². The molecule has 0 aromatic rings. The molecule has 11 heavy (non-hydrogen) atoms. The highest BCUT2D eigenvalue weighted by Gasteiger charge is 2.30. The topological polar surface area (TPSA) is 46.2 Å². The van der Waals surface area contributed by atoms with Crippen molar-refractivity contribution in [2.24, 2.45) is 11.7 Å². The molecule has 0 aliphatic heterocycles. The minimum atomic E-state index is -0.530. The smallest absolute Gasteiger partial charge is 0.0620 e. The van der Waals surface area contributed by atoms with E-state index in [2.05, 4.69) is 0 Å². The second-order valence-corrected chi connectivity index (χ2v) is 4.28. The summed E-state index contributed by atoms with van der Waals surface area (Å²) in [5, 5.41) is 9.70. The van der Waals surface area contributed by atoms with Crippen LogP contribution in [0.3, 0.4) is 0 Å². The Labute approximate surface area is 68.8 Å². The fraction of sp³-hybridized carbons (Fsp3) is 1.00. The van der Waals surface area contributed by atoms with Gasteiger partial charge in [0.2, 0.25) is 0 Å². The van der Waals surface area contributed by atoms with E-state index in [0.717, 1.165) is 19.3 Å². The number of hydrogen-bond acceptors (Lipinski definition) is 2. The molecule has 1 aliphatic rings. The Morgan fingerprint density at radius 1 is 1.36 bits per heavy atom. The summed E-state index contributed by atoms with van der Waals surface area (Å²) in [5.74, 6) is 0.409. The molecule has 0 heterocycles. The van der Waals surface area contributed by atoms with Gasteiger partial charge in [0.1, 0.15) is 0 Å². The Balaban J connectivity index is 2.46. The average molecular weight is 157 g/mol. The van der Waals surface area contributed by atoms with Gasteiger partial charge in [0.15, 0.2) is 0 Å². The Morgan fingerprint density at radius 2 is 2.00 bits per heavy atom. The van der Waals surface area contributed by atoms with E-state index in [9.17, 15) is 5.11 Å². The first-order valence-electron chi connectivity index (χ1n) is 4.48. The molecule has 0 aromatic heterocycles. The first kappa shape index (κ1) is 9.01. The molecule has 1 saturated carbocycles. The lowest BCUT2D eigenvalue weighted by Gasteiger charge is -2.35. The fourth-order valence-corrected chi connectivity index (χ4v) is 1.87. The summed E-state index contributed by atoms with van der Waals surface area (Å²) in [4.78, 5) is 0. The van der Waals surface area contributed by atoms with Gasteiger partial charge in [-0.15, -0.1) is 0 Å². The van der Waals surface area contributed by atoms with Crippen LogP contribution in [0.2, 0.25) is 0 Å². The van der Waals surface area contributed by atoms with Gasteiger partial charge in [0, 0.05) is 6.04 Å². The third kappa shape index (κ3) is 2.46. The zero-order chi connectivity index (χ0) is 8.48. The van der Waals surface area contributed by atoms with Gasteiger partial charge in [-0.25, -0.2) is 0 Å². The molecule has 1 rings (SSSR count). The fourth-order valence-electron chi connectivity index (χ4n) is 1.87. The van der Waals surface area contributed by atoms with E-state index in [1.807, 2.05) is 13.8 Å². The SMILES string of the molecule is CC(C)(O)C1CCC[C@H](N)C1. The van der Waals surface area contributed by atoms with Gasteiger partial charge in [-0.3, -0.25) is 0 Å². The lowest BCUT2D eigenvalue weighted by molar-refractivity contribution is -0.00243. The normalized spacial score (nSPS) is 33.8. The average Bonchev–Trinajstić information content (AvgIpc) is 1.86. The molecule has 0 bridgehead atoms. The van der Waals surface area contributed by atoms with Crippen LogP contribution in [0, 0.1) is 5.92 Å². The highest BCUT2D eigenvalue weighted by Crippen LogP contribution is 2.31. The maximum atomic E-state index is 9.70. The van der Waals surface area contributed by atoms with E-state index < -0.39 is 5.60 Å². The molecule has 0 spiro atoms. The number of hydrogen-bond donors (Lipinski definition) is 2. The van der Waals surface area contributed by atoms with Crippen LogP contribution in [-0.2, 0) is 0 Å². The highest BCUT2D eigenvalue weighted by atomic mass is 16.3. The molecule has 2 atom stereocenters. The van der Waals surface area contributed by atoms with E-state index in [0.29, 0.717) is 12.0 Å². The van der Waals surface area contributed by atoms with Gasteiger partial charge in [-0.05, 0) is 39.0 Å². The molecule has 2 nitrogen and oxygen atoms in total. The minimum absolute atomic E-state index is 0.320. The van der Waals surface area contributed by atoms with Crippen molar-refractivity contribution in [3.63, 3.8) is 0 Å². The highest BCUT2D eigenvalue weighted by molar-refractivity contribution is 4.84. The third-order valence-corrected chi connectivity index (χ3v) is 2.71. The second kappa shape index (κ2) is 3.11. The molecule has 66 valence electrons. The molecule has 1 fully saturated rings. The van der Waals surface area contributed by atoms with Crippen molar-refractivity contribution in [1.29, 1.82) is 0 Å². The first-order chi connectivity index (χ1) is 5.00. The van der Waals surface area contributed by atoms with Gasteiger partial charge in [0.25, 0.3) is 0 Å². The van der Waals surface area contributed by atoms with Gasteiger partial charge in [-0.1, -0.05) is 6.42 Å². The van der Waals surface area contributed by atoms with Crippen LogP contribution in [0.4, 0.5) is 0 Å². The van der Waals surface area contributed by atoms with E-state index >= 15 is 0 Å². The summed E-state index contributed by atoms with van der Waals surface area (Å²) in [7, 11) is 0. The van der Waals surface area contributed by atoms with Crippen LogP contribution < -0.4 is 5.73 Å². The van der Waals surface area contributed by atoms with E-state index in [-0.39, 0.29) is 0 Å². The van der Waals surface area contributed by atoms with Crippen LogP contribution in [0.25, 0.3) is 0 Å². The second-order valence-electron chi connectivity index (χ2n) is 4.28. The zero-order valence-corrected chi connectivity index (χ0v) is 7.51. The predicted molar refractivity (Wildman–Crippen MR) is 46.2 cm³/mol. The van der Waals surface area contributed by atoms with Crippen molar-refractivity contribution in [3.05, 3.63) is 0 Å². The van der Waals surface area contributed by atoms with Crippen molar-refractivity contribution in [1.82, 2.24) is 0 Å². The molecular formula is C9H19NO.